The van der Waals surface area contributed by atoms with Crippen LogP contribution in [0.1, 0.15) is 18.5 Å². The summed E-state index contributed by atoms with van der Waals surface area (Å²) in [4.78, 5) is 13.3. The first-order valence-electron chi connectivity index (χ1n) is 11.1. The lowest BCUT2D eigenvalue weighted by Crippen LogP contribution is -2.51. The first-order chi connectivity index (χ1) is 16.8. The van der Waals surface area contributed by atoms with Crippen LogP contribution in [0.5, 0.6) is 17.2 Å². The molecule has 35 heavy (non-hydrogen) atoms. The number of benzene rings is 3. The van der Waals surface area contributed by atoms with Crippen LogP contribution in [-0.2, 0) is 14.8 Å². The highest BCUT2D eigenvalue weighted by molar-refractivity contribution is 7.92. The number of fused-ring (bicyclic) bond motifs is 2. The van der Waals surface area contributed by atoms with E-state index in [0.29, 0.717) is 41.2 Å². The van der Waals surface area contributed by atoms with Gasteiger partial charge in [-0.05, 0) is 61.0 Å². The maximum atomic E-state index is 13.5. The van der Waals surface area contributed by atoms with E-state index in [-0.39, 0.29) is 17.5 Å². The molecule has 0 spiro atoms. The summed E-state index contributed by atoms with van der Waals surface area (Å²) in [6, 6.07) is 17.8. The summed E-state index contributed by atoms with van der Waals surface area (Å²) in [5.74, 6) is 1.16. The molecular weight excluding hydrogens is 492 g/mol. The largest absolute Gasteiger partial charge is 0.486 e. The van der Waals surface area contributed by atoms with Crippen LogP contribution < -0.4 is 23.8 Å². The molecule has 1 amide bonds. The summed E-state index contributed by atoms with van der Waals surface area (Å²) in [5.41, 5.74) is 1.19. The smallest absolute Gasteiger partial charge is 0.264 e. The molecule has 0 fully saturated rings. The minimum atomic E-state index is -3.97. The lowest BCUT2D eigenvalue weighted by atomic mass is 10.1. The van der Waals surface area contributed by atoms with Gasteiger partial charge in [-0.1, -0.05) is 29.8 Å². The van der Waals surface area contributed by atoms with Gasteiger partial charge in [-0.2, -0.15) is 0 Å². The van der Waals surface area contributed by atoms with Crippen LogP contribution in [0.15, 0.2) is 71.6 Å². The fraction of sp³-hybridized carbons (Fsp3) is 0.240. The number of carbonyl (C=O) groups excluding carboxylic acids is 1. The Morgan fingerprint density at radius 1 is 1.00 bits per heavy atom. The molecule has 8 nitrogen and oxygen atoms in total. The number of carbonyl (C=O) groups is 1. The first-order valence-corrected chi connectivity index (χ1v) is 12.9. The van der Waals surface area contributed by atoms with Crippen LogP contribution in [0, 0.1) is 0 Å². The summed E-state index contributed by atoms with van der Waals surface area (Å²) in [6.07, 6.45) is -1.05. The van der Waals surface area contributed by atoms with Gasteiger partial charge in [0.25, 0.3) is 15.9 Å². The standard InChI is InChI=1S/C25H23ClN2O6S/c1-16(17-6-11-22-23(14-17)33-13-12-32-22)27-25(29)24-15-28(20-4-2-3-5-21(20)34-24)35(30,31)19-9-7-18(26)8-10-19/h2-11,14,16,24H,12-13,15H2,1H3,(H,27,29)/t16-,24-/m1/s1. The van der Waals surface area contributed by atoms with Crippen LogP contribution in [-0.4, -0.2) is 40.2 Å². The molecule has 3 aromatic rings. The number of hydrogen-bond donors (Lipinski definition) is 1. The Balaban J connectivity index is 1.38. The average Bonchev–Trinajstić information content (AvgIpc) is 2.87. The molecule has 0 unspecified atom stereocenters. The molecule has 0 radical (unpaired) electrons. The van der Waals surface area contributed by atoms with Crippen molar-refractivity contribution in [2.45, 2.75) is 24.0 Å². The number of anilines is 1. The molecule has 0 saturated heterocycles. The van der Waals surface area contributed by atoms with Gasteiger partial charge in [0, 0.05) is 5.02 Å². The molecule has 3 aromatic carbocycles. The Morgan fingerprint density at radius 2 is 1.71 bits per heavy atom. The fourth-order valence-electron chi connectivity index (χ4n) is 4.02. The predicted octanol–water partition coefficient (Wildman–Crippen LogP) is 3.94. The molecule has 0 bridgehead atoms. The third kappa shape index (κ3) is 4.61. The molecule has 5 rings (SSSR count). The van der Waals surface area contributed by atoms with Gasteiger partial charge in [-0.15, -0.1) is 0 Å². The van der Waals surface area contributed by atoms with Gasteiger partial charge in [0.05, 0.1) is 23.2 Å². The van der Waals surface area contributed by atoms with Gasteiger partial charge in [0.2, 0.25) is 0 Å². The zero-order chi connectivity index (χ0) is 24.6. The summed E-state index contributed by atoms with van der Waals surface area (Å²) in [5, 5.41) is 3.35. The molecule has 2 aliphatic rings. The second kappa shape index (κ2) is 9.31. The van der Waals surface area contributed by atoms with E-state index in [2.05, 4.69) is 5.32 Å². The summed E-state index contributed by atoms with van der Waals surface area (Å²) in [6.45, 7) is 2.61. The number of para-hydroxylation sites is 2. The Bertz CT molecular complexity index is 1360. The highest BCUT2D eigenvalue weighted by atomic mass is 35.5. The Labute approximate surface area is 208 Å². The molecular formula is C25H23ClN2O6S. The van der Waals surface area contributed by atoms with E-state index in [1.807, 2.05) is 19.1 Å². The van der Waals surface area contributed by atoms with Crippen molar-refractivity contribution < 1.29 is 27.4 Å². The van der Waals surface area contributed by atoms with Crippen LogP contribution in [0.25, 0.3) is 0 Å². The fourth-order valence-corrected chi connectivity index (χ4v) is 5.62. The number of nitrogens with zero attached hydrogens (tertiary/aromatic N) is 1. The molecule has 10 heteroatoms. The van der Waals surface area contributed by atoms with Crippen molar-refractivity contribution in [3.05, 3.63) is 77.3 Å². The number of ether oxygens (including phenoxy) is 3. The lowest BCUT2D eigenvalue weighted by Gasteiger charge is -2.35. The van der Waals surface area contributed by atoms with E-state index < -0.39 is 22.0 Å². The molecule has 0 aliphatic carbocycles. The maximum absolute atomic E-state index is 13.5. The zero-order valence-electron chi connectivity index (χ0n) is 18.8. The zero-order valence-corrected chi connectivity index (χ0v) is 20.4. The number of halogens is 1. The molecule has 0 aromatic heterocycles. The van der Waals surface area contributed by atoms with E-state index in [1.54, 1.807) is 30.3 Å². The van der Waals surface area contributed by atoms with E-state index in [4.69, 9.17) is 25.8 Å². The number of hydrogen-bond acceptors (Lipinski definition) is 6. The molecule has 2 atom stereocenters. The summed E-state index contributed by atoms with van der Waals surface area (Å²) < 4.78 is 45.3. The van der Waals surface area contributed by atoms with E-state index in [9.17, 15) is 13.2 Å². The minimum Gasteiger partial charge on any atom is -0.486 e. The molecule has 2 aliphatic heterocycles. The SMILES string of the molecule is C[C@@H](NC(=O)[C@H]1CN(S(=O)(=O)c2ccc(Cl)cc2)c2ccccc2O1)c1ccc2c(c1)OCCO2. The van der Waals surface area contributed by atoms with Crippen molar-refractivity contribution in [3.63, 3.8) is 0 Å². The van der Waals surface area contributed by atoms with Gasteiger partial charge < -0.3 is 19.5 Å². The molecule has 2 heterocycles. The van der Waals surface area contributed by atoms with Crippen LogP contribution >= 0.6 is 11.6 Å². The normalized spacial score (nSPS) is 17.7. The van der Waals surface area contributed by atoms with Crippen molar-refractivity contribution in [3.8, 4) is 17.2 Å². The van der Waals surface area contributed by atoms with E-state index in [0.717, 1.165) is 5.56 Å². The van der Waals surface area contributed by atoms with Crippen molar-refractivity contribution in [1.29, 1.82) is 0 Å². The van der Waals surface area contributed by atoms with Crippen LogP contribution in [0.4, 0.5) is 5.69 Å². The second-order valence-corrected chi connectivity index (χ2v) is 10.5. The van der Waals surface area contributed by atoms with Crippen LogP contribution in [0.2, 0.25) is 5.02 Å². The highest BCUT2D eigenvalue weighted by Crippen LogP contribution is 2.37. The van der Waals surface area contributed by atoms with Crippen molar-refractivity contribution in [2.24, 2.45) is 0 Å². The summed E-state index contributed by atoms with van der Waals surface area (Å²) in [7, 11) is -3.97. The number of nitrogens with one attached hydrogen (secondary N) is 1. The van der Waals surface area contributed by atoms with Crippen LogP contribution in [0.3, 0.4) is 0 Å². The van der Waals surface area contributed by atoms with Crippen molar-refractivity contribution in [2.75, 3.05) is 24.1 Å². The van der Waals surface area contributed by atoms with Crippen molar-refractivity contribution in [1.82, 2.24) is 5.32 Å². The first kappa shape index (κ1) is 23.3. The molecule has 1 N–H and O–H groups in total. The predicted molar refractivity (Wildman–Crippen MR) is 131 cm³/mol. The lowest BCUT2D eigenvalue weighted by molar-refractivity contribution is -0.128. The minimum absolute atomic E-state index is 0.0717. The molecule has 182 valence electrons. The van der Waals surface area contributed by atoms with E-state index in [1.165, 1.54) is 28.6 Å². The monoisotopic (exact) mass is 514 g/mol. The highest BCUT2D eigenvalue weighted by Gasteiger charge is 2.37. The third-order valence-electron chi connectivity index (χ3n) is 5.85. The third-order valence-corrected chi connectivity index (χ3v) is 7.90. The Hall–Kier alpha value is -3.43. The summed E-state index contributed by atoms with van der Waals surface area (Å²) >= 11 is 5.94. The second-order valence-electron chi connectivity index (χ2n) is 8.20. The topological polar surface area (TPSA) is 94.2 Å². The number of sulfonamides is 1. The average molecular weight is 515 g/mol. The van der Waals surface area contributed by atoms with Gasteiger partial charge in [0.15, 0.2) is 17.6 Å². The van der Waals surface area contributed by atoms with Gasteiger partial charge in [-0.25, -0.2) is 8.42 Å². The van der Waals surface area contributed by atoms with Gasteiger partial charge in [-0.3, -0.25) is 9.10 Å². The number of rotatable bonds is 5. The Kier molecular flexibility index (Phi) is 6.21. The van der Waals surface area contributed by atoms with Gasteiger partial charge >= 0.3 is 0 Å². The number of amides is 1. The molecule has 0 saturated carbocycles. The maximum Gasteiger partial charge on any atom is 0.264 e. The van der Waals surface area contributed by atoms with Crippen molar-refractivity contribution >= 4 is 33.2 Å². The quantitative estimate of drug-likeness (QED) is 0.554. The Morgan fingerprint density at radius 3 is 2.49 bits per heavy atom. The van der Waals surface area contributed by atoms with E-state index >= 15 is 0 Å². The van der Waals surface area contributed by atoms with Gasteiger partial charge in [0.1, 0.15) is 19.0 Å².